The van der Waals surface area contributed by atoms with Crippen LogP contribution in [0.5, 0.6) is 11.5 Å². The van der Waals surface area contributed by atoms with E-state index in [-0.39, 0.29) is 17.6 Å². The SMILES string of the molecule is O=C1NC(=O)c2c(CCn3nccc3-c3ccc(Oc4ccc(F)cc4)cc3)cccc21. The molecular weight excluding hydrogens is 409 g/mol. The lowest BCUT2D eigenvalue weighted by Gasteiger charge is -2.11. The number of benzene rings is 3. The summed E-state index contributed by atoms with van der Waals surface area (Å²) in [5.74, 6) is 0.185. The second-order valence-corrected chi connectivity index (χ2v) is 7.39. The molecule has 1 aromatic heterocycles. The van der Waals surface area contributed by atoms with Crippen LogP contribution in [-0.2, 0) is 13.0 Å². The molecule has 1 aliphatic heterocycles. The summed E-state index contributed by atoms with van der Waals surface area (Å²) in [5.41, 5.74) is 3.57. The lowest BCUT2D eigenvalue weighted by atomic mass is 10.0. The molecule has 0 radical (unpaired) electrons. The van der Waals surface area contributed by atoms with Gasteiger partial charge in [0.1, 0.15) is 17.3 Å². The highest BCUT2D eigenvalue weighted by Crippen LogP contribution is 2.27. The zero-order valence-corrected chi connectivity index (χ0v) is 16.9. The van der Waals surface area contributed by atoms with Gasteiger partial charge in [-0.3, -0.25) is 19.6 Å². The topological polar surface area (TPSA) is 73.2 Å². The van der Waals surface area contributed by atoms with Gasteiger partial charge in [-0.25, -0.2) is 4.39 Å². The van der Waals surface area contributed by atoms with Crippen LogP contribution in [0.4, 0.5) is 4.39 Å². The number of carbonyl (C=O) groups excluding carboxylic acids is 2. The van der Waals surface area contributed by atoms with Gasteiger partial charge in [0.25, 0.3) is 11.8 Å². The van der Waals surface area contributed by atoms with Crippen molar-refractivity contribution in [3.63, 3.8) is 0 Å². The molecule has 158 valence electrons. The largest absolute Gasteiger partial charge is 0.457 e. The van der Waals surface area contributed by atoms with Gasteiger partial charge in [0.15, 0.2) is 0 Å². The maximum Gasteiger partial charge on any atom is 0.259 e. The molecule has 0 aliphatic carbocycles. The lowest BCUT2D eigenvalue weighted by molar-refractivity contribution is 0.0879. The van der Waals surface area contributed by atoms with E-state index >= 15 is 0 Å². The highest BCUT2D eigenvalue weighted by Gasteiger charge is 2.28. The van der Waals surface area contributed by atoms with E-state index in [1.807, 2.05) is 41.1 Å². The maximum atomic E-state index is 13.0. The summed E-state index contributed by atoms with van der Waals surface area (Å²) in [6, 6.07) is 20.6. The molecule has 2 heterocycles. The minimum absolute atomic E-state index is 0.311. The Kier molecular flexibility index (Phi) is 4.99. The fraction of sp³-hybridized carbons (Fsp3) is 0.0800. The quantitative estimate of drug-likeness (QED) is 0.456. The first-order valence-electron chi connectivity index (χ1n) is 10.1. The Balaban J connectivity index is 1.32. The Morgan fingerprint density at radius 1 is 0.875 bits per heavy atom. The van der Waals surface area contributed by atoms with Crippen LogP contribution in [0, 0.1) is 5.82 Å². The van der Waals surface area contributed by atoms with Crippen molar-refractivity contribution in [1.29, 1.82) is 0 Å². The van der Waals surface area contributed by atoms with Gasteiger partial charge >= 0.3 is 0 Å². The molecule has 6 nitrogen and oxygen atoms in total. The van der Waals surface area contributed by atoms with Crippen LogP contribution in [0.2, 0.25) is 0 Å². The van der Waals surface area contributed by atoms with E-state index < -0.39 is 0 Å². The summed E-state index contributed by atoms with van der Waals surface area (Å²) < 4.78 is 20.7. The standard InChI is InChI=1S/C25H18FN3O3/c26-18-6-10-20(11-7-18)32-19-8-4-16(5-9-19)22-12-14-27-29(22)15-13-17-2-1-3-21-23(17)25(31)28-24(21)30/h1-12,14H,13,15H2,(H,28,30,31). The predicted octanol–water partition coefficient (Wildman–Crippen LogP) is 4.61. The fourth-order valence-corrected chi connectivity index (χ4v) is 3.81. The zero-order chi connectivity index (χ0) is 22.1. The van der Waals surface area contributed by atoms with Gasteiger partial charge in [-0.05, 0) is 72.6 Å². The Morgan fingerprint density at radius 2 is 1.59 bits per heavy atom. The molecule has 0 unspecified atom stereocenters. The van der Waals surface area contributed by atoms with Crippen molar-refractivity contribution in [2.75, 3.05) is 0 Å². The number of carbonyl (C=O) groups is 2. The second-order valence-electron chi connectivity index (χ2n) is 7.39. The first kappa shape index (κ1) is 19.7. The van der Waals surface area contributed by atoms with E-state index in [4.69, 9.17) is 4.74 Å². The molecule has 0 fully saturated rings. The van der Waals surface area contributed by atoms with Gasteiger partial charge in [-0.2, -0.15) is 5.10 Å². The number of nitrogens with zero attached hydrogens (tertiary/aromatic N) is 2. The van der Waals surface area contributed by atoms with Crippen molar-refractivity contribution < 1.29 is 18.7 Å². The Morgan fingerprint density at radius 3 is 2.34 bits per heavy atom. The number of imide groups is 1. The number of aryl methyl sites for hydroxylation is 2. The Labute approximate surface area is 183 Å². The minimum Gasteiger partial charge on any atom is -0.457 e. The number of nitrogens with one attached hydrogen (secondary N) is 1. The summed E-state index contributed by atoms with van der Waals surface area (Å²) in [5, 5.41) is 6.76. The lowest BCUT2D eigenvalue weighted by Crippen LogP contribution is -2.20. The molecule has 0 atom stereocenters. The third kappa shape index (κ3) is 3.76. The van der Waals surface area contributed by atoms with Gasteiger partial charge in [0, 0.05) is 18.3 Å². The third-order valence-corrected chi connectivity index (χ3v) is 5.36. The molecule has 3 aromatic carbocycles. The summed E-state index contributed by atoms with van der Waals surface area (Å²) in [6.45, 7) is 0.550. The van der Waals surface area contributed by atoms with E-state index in [1.54, 1.807) is 30.5 Å². The molecule has 2 amide bonds. The number of amides is 2. The van der Waals surface area contributed by atoms with E-state index in [2.05, 4.69) is 10.4 Å². The molecule has 7 heteroatoms. The first-order chi connectivity index (χ1) is 15.6. The number of halogens is 1. The molecule has 32 heavy (non-hydrogen) atoms. The van der Waals surface area contributed by atoms with Crippen LogP contribution in [0.1, 0.15) is 26.3 Å². The number of rotatable bonds is 6. The predicted molar refractivity (Wildman–Crippen MR) is 116 cm³/mol. The monoisotopic (exact) mass is 427 g/mol. The van der Waals surface area contributed by atoms with Gasteiger partial charge in [0.2, 0.25) is 0 Å². The Hall–Kier alpha value is -4.26. The summed E-state index contributed by atoms with van der Waals surface area (Å²) in [7, 11) is 0. The zero-order valence-electron chi connectivity index (χ0n) is 16.9. The van der Waals surface area contributed by atoms with Crippen molar-refractivity contribution in [3.8, 4) is 22.8 Å². The van der Waals surface area contributed by atoms with Crippen LogP contribution >= 0.6 is 0 Å². The van der Waals surface area contributed by atoms with Crippen LogP contribution in [0.25, 0.3) is 11.3 Å². The molecule has 5 rings (SSSR count). The summed E-state index contributed by atoms with van der Waals surface area (Å²) in [6.07, 6.45) is 2.29. The number of hydrogen-bond donors (Lipinski definition) is 1. The molecule has 0 bridgehead atoms. The van der Waals surface area contributed by atoms with Crippen LogP contribution in [0.3, 0.4) is 0 Å². The average molecular weight is 427 g/mol. The van der Waals surface area contributed by atoms with Crippen LogP contribution in [0.15, 0.2) is 79.0 Å². The minimum atomic E-state index is -0.352. The van der Waals surface area contributed by atoms with Gasteiger partial charge in [-0.15, -0.1) is 0 Å². The van der Waals surface area contributed by atoms with Gasteiger partial charge in [-0.1, -0.05) is 12.1 Å². The number of ether oxygens (including phenoxy) is 1. The number of fused-ring (bicyclic) bond motifs is 1. The van der Waals surface area contributed by atoms with Gasteiger partial charge in [0.05, 0.1) is 16.8 Å². The van der Waals surface area contributed by atoms with Crippen molar-refractivity contribution in [2.45, 2.75) is 13.0 Å². The average Bonchev–Trinajstić information content (AvgIpc) is 3.39. The Bertz CT molecular complexity index is 1310. The molecular formula is C25H18FN3O3. The molecule has 0 saturated carbocycles. The van der Waals surface area contributed by atoms with E-state index in [9.17, 15) is 14.0 Å². The van der Waals surface area contributed by atoms with E-state index in [0.29, 0.717) is 35.6 Å². The maximum absolute atomic E-state index is 13.0. The molecule has 0 saturated heterocycles. The number of aromatic nitrogens is 2. The smallest absolute Gasteiger partial charge is 0.259 e. The molecule has 0 spiro atoms. The highest BCUT2D eigenvalue weighted by atomic mass is 19.1. The second kappa shape index (κ2) is 8.11. The third-order valence-electron chi connectivity index (χ3n) is 5.36. The summed E-state index contributed by atoms with van der Waals surface area (Å²) >= 11 is 0. The van der Waals surface area contributed by atoms with Crippen molar-refractivity contribution in [2.24, 2.45) is 0 Å². The molecule has 1 N–H and O–H groups in total. The van der Waals surface area contributed by atoms with Crippen molar-refractivity contribution >= 4 is 11.8 Å². The van der Waals surface area contributed by atoms with Crippen molar-refractivity contribution in [3.05, 3.63) is 102 Å². The molecule has 1 aliphatic rings. The fourth-order valence-electron chi connectivity index (χ4n) is 3.81. The van der Waals surface area contributed by atoms with E-state index in [0.717, 1.165) is 16.8 Å². The molecule has 4 aromatic rings. The highest BCUT2D eigenvalue weighted by molar-refractivity contribution is 6.22. The normalized spacial score (nSPS) is 12.5. The summed E-state index contributed by atoms with van der Waals surface area (Å²) in [4.78, 5) is 24.0. The van der Waals surface area contributed by atoms with E-state index in [1.165, 1.54) is 12.1 Å². The van der Waals surface area contributed by atoms with Gasteiger partial charge < -0.3 is 4.74 Å². The first-order valence-corrected chi connectivity index (χ1v) is 10.1. The van der Waals surface area contributed by atoms with Crippen LogP contribution < -0.4 is 10.1 Å². The number of hydrogen-bond acceptors (Lipinski definition) is 4. The van der Waals surface area contributed by atoms with Crippen molar-refractivity contribution in [1.82, 2.24) is 15.1 Å². The van der Waals surface area contributed by atoms with Crippen LogP contribution in [-0.4, -0.2) is 21.6 Å².